The van der Waals surface area contributed by atoms with Gasteiger partial charge in [0.1, 0.15) is 0 Å². The zero-order chi connectivity index (χ0) is 9.98. The van der Waals surface area contributed by atoms with Crippen molar-refractivity contribution in [3.05, 3.63) is 37.0 Å². The normalized spacial score (nSPS) is 9.42. The van der Waals surface area contributed by atoms with Gasteiger partial charge in [0.15, 0.2) is 0 Å². The van der Waals surface area contributed by atoms with Crippen molar-refractivity contribution in [3.63, 3.8) is 0 Å². The van der Waals surface area contributed by atoms with Crippen molar-refractivity contribution < 1.29 is 0 Å². The first kappa shape index (κ1) is 13.7. The van der Waals surface area contributed by atoms with Crippen molar-refractivity contribution in [2.45, 2.75) is 6.92 Å². The van der Waals surface area contributed by atoms with Gasteiger partial charge in [-0.3, -0.25) is 4.90 Å². The molecule has 0 aromatic heterocycles. The van der Waals surface area contributed by atoms with E-state index >= 15 is 0 Å². The molecule has 0 aliphatic heterocycles. The molecule has 0 atom stereocenters. The molecule has 0 unspecified atom stereocenters. The topological polar surface area (TPSA) is 29.3 Å². The summed E-state index contributed by atoms with van der Waals surface area (Å²) in [5.74, 6) is 0. The molecule has 2 nitrogen and oxygen atoms in total. The van der Waals surface area contributed by atoms with Gasteiger partial charge in [0.25, 0.3) is 0 Å². The van der Waals surface area contributed by atoms with Gasteiger partial charge < -0.3 is 5.73 Å². The second-order valence-electron chi connectivity index (χ2n) is 2.70. The average molecular weight is 168 g/mol. The molecular weight excluding hydrogens is 148 g/mol. The Labute approximate surface area is 76.1 Å². The number of hydrogen-bond donors (Lipinski definition) is 1. The minimum atomic E-state index is 0.639. The summed E-state index contributed by atoms with van der Waals surface area (Å²) < 4.78 is 0. The number of nitrogens with two attached hydrogens (primary N) is 1. The first-order chi connectivity index (χ1) is 5.54. The summed E-state index contributed by atoms with van der Waals surface area (Å²) in [7, 11) is 3.86. The van der Waals surface area contributed by atoms with Gasteiger partial charge >= 0.3 is 0 Å². The highest BCUT2D eigenvalue weighted by Crippen LogP contribution is 1.86. The lowest BCUT2D eigenvalue weighted by Gasteiger charge is -2.00. The summed E-state index contributed by atoms with van der Waals surface area (Å²) in [6.07, 6.45) is 5.50. The Balaban J connectivity index is 0. The quantitative estimate of drug-likeness (QED) is 0.514. The molecule has 0 amide bonds. The predicted octanol–water partition coefficient (Wildman–Crippen LogP) is 1.77. The highest BCUT2D eigenvalue weighted by atomic mass is 15.1. The fourth-order valence-electron chi connectivity index (χ4n) is 0.232. The maximum atomic E-state index is 5.10. The van der Waals surface area contributed by atoms with Crippen LogP contribution in [0.4, 0.5) is 0 Å². The summed E-state index contributed by atoms with van der Waals surface area (Å²) in [6, 6.07) is 0. The van der Waals surface area contributed by atoms with Crippen LogP contribution >= 0.6 is 0 Å². The van der Waals surface area contributed by atoms with E-state index < -0.39 is 0 Å². The van der Waals surface area contributed by atoms with Crippen LogP contribution < -0.4 is 5.73 Å². The molecule has 2 heteroatoms. The predicted molar refractivity (Wildman–Crippen MR) is 56.9 cm³/mol. The lowest BCUT2D eigenvalue weighted by molar-refractivity contribution is 0.423. The molecule has 2 N–H and O–H groups in total. The van der Waals surface area contributed by atoms with E-state index in [9.17, 15) is 0 Å². The van der Waals surface area contributed by atoms with Crippen molar-refractivity contribution in [2.24, 2.45) is 5.73 Å². The Kier molecular flexibility index (Phi) is 11.6. The summed E-state index contributed by atoms with van der Waals surface area (Å²) in [5, 5.41) is 0. The summed E-state index contributed by atoms with van der Waals surface area (Å²) >= 11 is 0. The molecule has 0 bridgehead atoms. The van der Waals surface area contributed by atoms with E-state index in [2.05, 4.69) is 13.2 Å². The smallest absolute Gasteiger partial charge is 0.0449 e. The van der Waals surface area contributed by atoms with Gasteiger partial charge in [0, 0.05) is 6.67 Å². The van der Waals surface area contributed by atoms with Crippen LogP contribution in [0.2, 0.25) is 0 Å². The third-order valence-electron chi connectivity index (χ3n) is 0.882. The highest BCUT2D eigenvalue weighted by molar-refractivity contribution is 5.15. The number of hydrogen-bond acceptors (Lipinski definition) is 2. The average Bonchev–Trinajstić information content (AvgIpc) is 2.02. The van der Waals surface area contributed by atoms with Gasteiger partial charge in [-0.1, -0.05) is 37.0 Å². The Hall–Kier alpha value is -0.860. The summed E-state index contributed by atoms with van der Waals surface area (Å²) in [6.45, 7) is 9.75. The lowest BCUT2D eigenvalue weighted by Crippen LogP contribution is -2.20. The van der Waals surface area contributed by atoms with Crippen molar-refractivity contribution in [1.82, 2.24) is 4.90 Å². The molecule has 0 aliphatic carbocycles. The second kappa shape index (κ2) is 10.1. The van der Waals surface area contributed by atoms with Crippen LogP contribution in [0.1, 0.15) is 6.92 Å². The van der Waals surface area contributed by atoms with E-state index in [1.807, 2.05) is 38.1 Å². The third kappa shape index (κ3) is 22.9. The van der Waals surface area contributed by atoms with Gasteiger partial charge in [-0.05, 0) is 21.0 Å². The summed E-state index contributed by atoms with van der Waals surface area (Å²) in [5.41, 5.74) is 6.15. The SMILES string of the molecule is C=C/C=C\C(=C)C.CN(C)CN. The Bertz CT molecular complexity index is 146. The maximum absolute atomic E-state index is 5.10. The number of rotatable bonds is 3. The number of nitrogens with zero attached hydrogens (tertiary/aromatic N) is 1. The lowest BCUT2D eigenvalue weighted by atomic mass is 10.3. The van der Waals surface area contributed by atoms with E-state index in [1.54, 1.807) is 6.08 Å². The molecule has 0 aromatic carbocycles. The molecule has 0 fully saturated rings. The van der Waals surface area contributed by atoms with Gasteiger partial charge in [-0.2, -0.15) is 0 Å². The van der Waals surface area contributed by atoms with E-state index in [-0.39, 0.29) is 0 Å². The van der Waals surface area contributed by atoms with Crippen LogP contribution in [0.15, 0.2) is 37.0 Å². The first-order valence-electron chi connectivity index (χ1n) is 3.84. The van der Waals surface area contributed by atoms with Crippen LogP contribution in [0.5, 0.6) is 0 Å². The van der Waals surface area contributed by atoms with Crippen LogP contribution in [-0.4, -0.2) is 25.7 Å². The van der Waals surface area contributed by atoms with Gasteiger partial charge in [-0.25, -0.2) is 0 Å². The van der Waals surface area contributed by atoms with Gasteiger partial charge in [-0.15, -0.1) is 0 Å². The molecule has 0 spiro atoms. The van der Waals surface area contributed by atoms with Crippen molar-refractivity contribution in [1.29, 1.82) is 0 Å². The standard InChI is InChI=1S/C7H10.C3H10N2/c1-4-5-6-7(2)3;1-5(2)3-4/h4-6H,1-2H2,3H3;3-4H2,1-2H3/b6-5-;. The highest BCUT2D eigenvalue weighted by Gasteiger charge is 1.71. The van der Waals surface area contributed by atoms with Crippen LogP contribution in [0, 0.1) is 0 Å². The molecule has 70 valence electrons. The fourth-order valence-corrected chi connectivity index (χ4v) is 0.232. The molecule has 0 saturated heterocycles. The fraction of sp³-hybridized carbons (Fsp3) is 0.400. The second-order valence-corrected chi connectivity index (χ2v) is 2.70. The zero-order valence-corrected chi connectivity index (χ0v) is 8.38. The van der Waals surface area contributed by atoms with E-state index in [0.29, 0.717) is 6.67 Å². The largest absolute Gasteiger partial charge is 0.318 e. The van der Waals surface area contributed by atoms with Crippen molar-refractivity contribution in [3.8, 4) is 0 Å². The number of allylic oxidation sites excluding steroid dienone is 4. The Morgan fingerprint density at radius 2 is 1.92 bits per heavy atom. The molecular formula is C10H20N2. The molecule has 0 aromatic rings. The molecule has 12 heavy (non-hydrogen) atoms. The molecule has 0 heterocycles. The zero-order valence-electron chi connectivity index (χ0n) is 8.38. The summed E-state index contributed by atoms with van der Waals surface area (Å²) in [4.78, 5) is 1.90. The monoisotopic (exact) mass is 168 g/mol. The van der Waals surface area contributed by atoms with E-state index in [0.717, 1.165) is 5.57 Å². The maximum Gasteiger partial charge on any atom is 0.0449 e. The first-order valence-corrected chi connectivity index (χ1v) is 3.84. The minimum absolute atomic E-state index is 0.639. The molecule has 0 aliphatic rings. The molecule has 0 rings (SSSR count). The van der Waals surface area contributed by atoms with Crippen LogP contribution in [0.25, 0.3) is 0 Å². The van der Waals surface area contributed by atoms with Gasteiger partial charge in [0.05, 0.1) is 0 Å². The third-order valence-corrected chi connectivity index (χ3v) is 0.882. The van der Waals surface area contributed by atoms with Crippen molar-refractivity contribution >= 4 is 0 Å². The van der Waals surface area contributed by atoms with E-state index in [1.165, 1.54) is 0 Å². The van der Waals surface area contributed by atoms with Crippen LogP contribution in [-0.2, 0) is 0 Å². The van der Waals surface area contributed by atoms with Crippen LogP contribution in [0.3, 0.4) is 0 Å². The molecule has 0 radical (unpaired) electrons. The Morgan fingerprint density at radius 1 is 1.50 bits per heavy atom. The van der Waals surface area contributed by atoms with Crippen molar-refractivity contribution in [2.75, 3.05) is 20.8 Å². The van der Waals surface area contributed by atoms with Gasteiger partial charge in [0.2, 0.25) is 0 Å². The molecule has 0 saturated carbocycles. The Morgan fingerprint density at radius 3 is 2.00 bits per heavy atom. The minimum Gasteiger partial charge on any atom is -0.318 e. The van der Waals surface area contributed by atoms with E-state index in [4.69, 9.17) is 5.73 Å².